The van der Waals surface area contributed by atoms with E-state index >= 15 is 0 Å². The van der Waals surface area contributed by atoms with Gasteiger partial charge in [-0.25, -0.2) is 4.79 Å². The van der Waals surface area contributed by atoms with E-state index in [1.165, 1.54) is 25.7 Å². The van der Waals surface area contributed by atoms with Crippen molar-refractivity contribution in [1.82, 2.24) is 10.6 Å². The largest absolute Gasteiger partial charge is 0.481 e. The molecular formula is C16H28N2O3. The number of hydrogen-bond donors (Lipinski definition) is 3. The number of carboxylic acid groups (broad SMARTS) is 1. The molecule has 2 rings (SSSR count). The molecule has 2 saturated carbocycles. The molecule has 120 valence electrons. The summed E-state index contributed by atoms with van der Waals surface area (Å²) in [4.78, 5) is 23.5. The molecule has 0 aromatic rings. The van der Waals surface area contributed by atoms with Gasteiger partial charge in [-0.15, -0.1) is 0 Å². The first-order chi connectivity index (χ1) is 10.1. The van der Waals surface area contributed by atoms with Crippen molar-refractivity contribution in [3.05, 3.63) is 0 Å². The predicted octanol–water partition coefficient (Wildman–Crippen LogP) is 2.90. The molecule has 5 heteroatoms. The van der Waals surface area contributed by atoms with Gasteiger partial charge in [0.05, 0.1) is 5.41 Å². The molecule has 2 amide bonds. The zero-order valence-electron chi connectivity index (χ0n) is 12.8. The van der Waals surface area contributed by atoms with Gasteiger partial charge in [0.25, 0.3) is 0 Å². The van der Waals surface area contributed by atoms with Gasteiger partial charge < -0.3 is 15.7 Å². The van der Waals surface area contributed by atoms with E-state index in [1.54, 1.807) is 0 Å². The minimum Gasteiger partial charge on any atom is -0.481 e. The fourth-order valence-corrected chi connectivity index (χ4v) is 3.64. The lowest BCUT2D eigenvalue weighted by Gasteiger charge is -2.28. The van der Waals surface area contributed by atoms with Crippen LogP contribution in [0.4, 0.5) is 4.79 Å². The molecule has 0 bridgehead atoms. The van der Waals surface area contributed by atoms with E-state index < -0.39 is 11.4 Å². The highest BCUT2D eigenvalue weighted by Crippen LogP contribution is 2.34. The van der Waals surface area contributed by atoms with Crippen LogP contribution in [-0.4, -0.2) is 30.2 Å². The van der Waals surface area contributed by atoms with Gasteiger partial charge in [-0.2, -0.15) is 0 Å². The monoisotopic (exact) mass is 296 g/mol. The standard InChI is InChI=1S/C16H28N2O3/c19-14(20)16(9-5-1-2-6-10-16)12-18-15(21)17-11-13-7-3-4-8-13/h13H,1-12H2,(H,19,20)(H2,17,18,21). The number of carbonyl (C=O) groups is 2. The van der Waals surface area contributed by atoms with Crippen molar-refractivity contribution in [2.75, 3.05) is 13.1 Å². The Balaban J connectivity index is 1.77. The van der Waals surface area contributed by atoms with Crippen LogP contribution >= 0.6 is 0 Å². The Hall–Kier alpha value is -1.26. The molecule has 2 aliphatic rings. The number of amides is 2. The van der Waals surface area contributed by atoms with Crippen LogP contribution < -0.4 is 10.6 Å². The van der Waals surface area contributed by atoms with Crippen LogP contribution in [0.3, 0.4) is 0 Å². The quantitative estimate of drug-likeness (QED) is 0.683. The molecule has 0 unspecified atom stereocenters. The molecule has 0 aliphatic heterocycles. The average Bonchev–Trinajstić information content (AvgIpc) is 2.87. The number of carbonyl (C=O) groups excluding carboxylic acids is 1. The third-order valence-electron chi connectivity index (χ3n) is 5.13. The molecule has 5 nitrogen and oxygen atoms in total. The van der Waals surface area contributed by atoms with Gasteiger partial charge in [0.2, 0.25) is 0 Å². The van der Waals surface area contributed by atoms with Gasteiger partial charge in [-0.05, 0) is 31.6 Å². The van der Waals surface area contributed by atoms with E-state index in [2.05, 4.69) is 10.6 Å². The molecule has 0 aromatic heterocycles. The van der Waals surface area contributed by atoms with Crippen molar-refractivity contribution in [3.63, 3.8) is 0 Å². The molecule has 2 fully saturated rings. The van der Waals surface area contributed by atoms with Crippen molar-refractivity contribution in [3.8, 4) is 0 Å². The van der Waals surface area contributed by atoms with Gasteiger partial charge >= 0.3 is 12.0 Å². The Bertz CT molecular complexity index is 357. The number of carboxylic acids is 1. The molecule has 0 heterocycles. The first-order valence-corrected chi connectivity index (χ1v) is 8.37. The van der Waals surface area contributed by atoms with Gasteiger partial charge in [-0.1, -0.05) is 38.5 Å². The second-order valence-corrected chi connectivity index (χ2v) is 6.71. The number of rotatable bonds is 5. The van der Waals surface area contributed by atoms with E-state index in [9.17, 15) is 14.7 Å². The topological polar surface area (TPSA) is 78.4 Å². The second-order valence-electron chi connectivity index (χ2n) is 6.71. The van der Waals surface area contributed by atoms with Crippen molar-refractivity contribution in [2.45, 2.75) is 64.2 Å². The number of hydrogen-bond acceptors (Lipinski definition) is 2. The molecule has 0 saturated heterocycles. The average molecular weight is 296 g/mol. The van der Waals surface area contributed by atoms with Crippen molar-refractivity contribution >= 4 is 12.0 Å². The van der Waals surface area contributed by atoms with E-state index in [-0.39, 0.29) is 12.6 Å². The Morgan fingerprint density at radius 1 is 0.952 bits per heavy atom. The van der Waals surface area contributed by atoms with Crippen molar-refractivity contribution < 1.29 is 14.7 Å². The highest BCUT2D eigenvalue weighted by atomic mass is 16.4. The van der Waals surface area contributed by atoms with Gasteiger partial charge in [-0.3, -0.25) is 4.79 Å². The van der Waals surface area contributed by atoms with E-state index in [0.717, 1.165) is 25.7 Å². The van der Waals surface area contributed by atoms with Crippen LogP contribution in [0.2, 0.25) is 0 Å². The Labute approximate surface area is 126 Å². The lowest BCUT2D eigenvalue weighted by Crippen LogP contribution is -2.46. The third-order valence-corrected chi connectivity index (χ3v) is 5.13. The molecule has 0 aromatic carbocycles. The Morgan fingerprint density at radius 3 is 2.14 bits per heavy atom. The van der Waals surface area contributed by atoms with E-state index in [4.69, 9.17) is 0 Å². The summed E-state index contributed by atoms with van der Waals surface area (Å²) in [6.07, 6.45) is 10.3. The summed E-state index contributed by atoms with van der Waals surface area (Å²) in [5.41, 5.74) is -0.763. The lowest BCUT2D eigenvalue weighted by atomic mass is 9.80. The smallest absolute Gasteiger partial charge is 0.314 e. The zero-order valence-corrected chi connectivity index (χ0v) is 12.8. The van der Waals surface area contributed by atoms with Crippen LogP contribution in [0.5, 0.6) is 0 Å². The minimum atomic E-state index is -0.763. The third kappa shape index (κ3) is 4.61. The van der Waals surface area contributed by atoms with Gasteiger partial charge in [0.1, 0.15) is 0 Å². The maximum atomic E-state index is 11.9. The van der Waals surface area contributed by atoms with E-state index in [1.807, 2.05) is 0 Å². The van der Waals surface area contributed by atoms with Gasteiger partial charge in [0, 0.05) is 13.1 Å². The van der Waals surface area contributed by atoms with Crippen LogP contribution in [0, 0.1) is 11.3 Å². The van der Waals surface area contributed by atoms with Crippen LogP contribution in [0.25, 0.3) is 0 Å². The van der Waals surface area contributed by atoms with Gasteiger partial charge in [0.15, 0.2) is 0 Å². The maximum absolute atomic E-state index is 11.9. The summed E-state index contributed by atoms with van der Waals surface area (Å²) < 4.78 is 0. The lowest BCUT2D eigenvalue weighted by molar-refractivity contribution is -0.149. The summed E-state index contributed by atoms with van der Waals surface area (Å²) in [7, 11) is 0. The summed E-state index contributed by atoms with van der Waals surface area (Å²) in [6.45, 7) is 0.963. The highest BCUT2D eigenvalue weighted by Gasteiger charge is 2.38. The molecule has 2 aliphatic carbocycles. The van der Waals surface area contributed by atoms with Crippen LogP contribution in [0.15, 0.2) is 0 Å². The first kappa shape index (κ1) is 16.1. The number of nitrogens with one attached hydrogen (secondary N) is 2. The Kier molecular flexibility index (Phi) is 5.88. The maximum Gasteiger partial charge on any atom is 0.314 e. The second kappa shape index (κ2) is 7.66. The predicted molar refractivity (Wildman–Crippen MR) is 81.1 cm³/mol. The summed E-state index contributed by atoms with van der Waals surface area (Å²) in [5.74, 6) is -0.164. The first-order valence-electron chi connectivity index (χ1n) is 8.37. The molecule has 3 N–H and O–H groups in total. The minimum absolute atomic E-state index is 0.216. The normalized spacial score (nSPS) is 22.5. The molecule has 21 heavy (non-hydrogen) atoms. The van der Waals surface area contributed by atoms with Crippen molar-refractivity contribution in [2.24, 2.45) is 11.3 Å². The molecule has 0 radical (unpaired) electrons. The van der Waals surface area contributed by atoms with Crippen molar-refractivity contribution in [1.29, 1.82) is 0 Å². The summed E-state index contributed by atoms with van der Waals surface area (Å²) >= 11 is 0. The SMILES string of the molecule is O=C(NCC1CCCC1)NCC1(C(=O)O)CCCCCC1. The fourth-order valence-electron chi connectivity index (χ4n) is 3.64. The summed E-state index contributed by atoms with van der Waals surface area (Å²) in [5, 5.41) is 15.2. The molecule has 0 atom stereocenters. The number of urea groups is 1. The summed E-state index contributed by atoms with van der Waals surface area (Å²) in [6, 6.07) is -0.216. The fraction of sp³-hybridized carbons (Fsp3) is 0.875. The molecule has 0 spiro atoms. The Morgan fingerprint density at radius 2 is 1.57 bits per heavy atom. The number of aliphatic carboxylic acids is 1. The highest BCUT2D eigenvalue weighted by molar-refractivity contribution is 5.78. The van der Waals surface area contributed by atoms with Crippen LogP contribution in [-0.2, 0) is 4.79 Å². The van der Waals surface area contributed by atoms with Crippen LogP contribution in [0.1, 0.15) is 64.2 Å². The van der Waals surface area contributed by atoms with E-state index in [0.29, 0.717) is 25.3 Å². The molecular weight excluding hydrogens is 268 g/mol. The zero-order chi connectivity index (χ0) is 15.1.